The third-order valence-electron chi connectivity index (χ3n) is 3.36. The molecule has 0 bridgehead atoms. The summed E-state index contributed by atoms with van der Waals surface area (Å²) in [6, 6.07) is 2.53. The first-order valence-corrected chi connectivity index (χ1v) is 5.21. The van der Waals surface area contributed by atoms with Crippen LogP contribution in [0.4, 0.5) is 0 Å². The minimum Gasteiger partial charge on any atom is -0.311 e. The normalized spacial score (nSPS) is 26.1. The van der Waals surface area contributed by atoms with Crippen molar-refractivity contribution in [3.8, 4) is 0 Å². The number of nitrogens with one attached hydrogen (secondary N) is 1. The van der Waals surface area contributed by atoms with Gasteiger partial charge in [0, 0.05) is 13.2 Å². The molecule has 0 radical (unpaired) electrons. The van der Waals surface area contributed by atoms with Crippen LogP contribution in [-0.2, 0) is 7.05 Å². The SMILES string of the molecule is CNC(c1ccn(C)n1)C1CC1(C)C. The fourth-order valence-electron chi connectivity index (χ4n) is 2.23. The van der Waals surface area contributed by atoms with Crippen LogP contribution < -0.4 is 5.32 Å². The topological polar surface area (TPSA) is 29.9 Å². The second kappa shape index (κ2) is 3.09. The summed E-state index contributed by atoms with van der Waals surface area (Å²) < 4.78 is 1.87. The molecule has 2 rings (SSSR count). The second-order valence-corrected chi connectivity index (χ2v) is 4.98. The highest BCUT2D eigenvalue weighted by Gasteiger charge is 2.50. The monoisotopic (exact) mass is 193 g/mol. The zero-order chi connectivity index (χ0) is 10.3. The van der Waals surface area contributed by atoms with Crippen LogP contribution in [0.1, 0.15) is 32.0 Å². The third kappa shape index (κ3) is 1.57. The lowest BCUT2D eigenvalue weighted by molar-refractivity contribution is 0.430. The van der Waals surface area contributed by atoms with Gasteiger partial charge in [0.25, 0.3) is 0 Å². The van der Waals surface area contributed by atoms with Crippen molar-refractivity contribution in [2.45, 2.75) is 26.3 Å². The predicted molar refractivity (Wildman–Crippen MR) is 56.9 cm³/mol. The van der Waals surface area contributed by atoms with Gasteiger partial charge in [-0.1, -0.05) is 13.8 Å². The summed E-state index contributed by atoms with van der Waals surface area (Å²) >= 11 is 0. The van der Waals surface area contributed by atoms with Crippen molar-refractivity contribution >= 4 is 0 Å². The maximum Gasteiger partial charge on any atom is 0.0796 e. The van der Waals surface area contributed by atoms with E-state index in [2.05, 4.69) is 30.3 Å². The molecule has 1 fully saturated rings. The van der Waals surface area contributed by atoms with E-state index in [4.69, 9.17) is 0 Å². The van der Waals surface area contributed by atoms with Crippen molar-refractivity contribution in [2.24, 2.45) is 18.4 Å². The highest BCUT2D eigenvalue weighted by Crippen LogP contribution is 2.57. The van der Waals surface area contributed by atoms with E-state index in [0.29, 0.717) is 11.5 Å². The lowest BCUT2D eigenvalue weighted by atomic mass is 10.0. The van der Waals surface area contributed by atoms with E-state index in [1.54, 1.807) is 0 Å². The average molecular weight is 193 g/mol. The Morgan fingerprint density at radius 3 is 2.64 bits per heavy atom. The van der Waals surface area contributed by atoms with Crippen molar-refractivity contribution < 1.29 is 0 Å². The number of hydrogen-bond acceptors (Lipinski definition) is 2. The van der Waals surface area contributed by atoms with Crippen molar-refractivity contribution in [1.82, 2.24) is 15.1 Å². The highest BCUT2D eigenvalue weighted by atomic mass is 15.3. The number of nitrogens with zero attached hydrogens (tertiary/aromatic N) is 2. The zero-order valence-electron chi connectivity index (χ0n) is 9.41. The Labute approximate surface area is 85.5 Å². The van der Waals surface area contributed by atoms with E-state index in [-0.39, 0.29) is 0 Å². The van der Waals surface area contributed by atoms with Gasteiger partial charge in [-0.05, 0) is 30.9 Å². The van der Waals surface area contributed by atoms with Crippen LogP contribution in [0.2, 0.25) is 0 Å². The standard InChI is InChI=1S/C11H19N3/c1-11(2)7-8(11)10(12-3)9-5-6-14(4)13-9/h5-6,8,10,12H,7H2,1-4H3. The van der Waals surface area contributed by atoms with Crippen LogP contribution in [0, 0.1) is 11.3 Å². The van der Waals surface area contributed by atoms with Gasteiger partial charge in [0.1, 0.15) is 0 Å². The lowest BCUT2D eigenvalue weighted by Gasteiger charge is -2.15. The Hall–Kier alpha value is -0.830. The highest BCUT2D eigenvalue weighted by molar-refractivity contribution is 5.14. The Kier molecular flexibility index (Phi) is 2.14. The fraction of sp³-hybridized carbons (Fsp3) is 0.727. The van der Waals surface area contributed by atoms with E-state index < -0.39 is 0 Å². The third-order valence-corrected chi connectivity index (χ3v) is 3.36. The molecule has 1 aromatic heterocycles. The Balaban J connectivity index is 2.15. The Morgan fingerprint density at radius 2 is 2.29 bits per heavy atom. The molecular weight excluding hydrogens is 174 g/mol. The van der Waals surface area contributed by atoms with Crippen LogP contribution in [0.3, 0.4) is 0 Å². The molecule has 2 unspecified atom stereocenters. The van der Waals surface area contributed by atoms with Gasteiger partial charge in [0.05, 0.1) is 11.7 Å². The molecule has 0 saturated heterocycles. The smallest absolute Gasteiger partial charge is 0.0796 e. The summed E-state index contributed by atoms with van der Waals surface area (Å²) in [5.74, 6) is 0.738. The molecule has 1 N–H and O–H groups in total. The lowest BCUT2D eigenvalue weighted by Crippen LogP contribution is -2.21. The zero-order valence-corrected chi connectivity index (χ0v) is 9.41. The minimum atomic E-state index is 0.422. The van der Waals surface area contributed by atoms with Gasteiger partial charge in [0.2, 0.25) is 0 Å². The molecular formula is C11H19N3. The molecule has 14 heavy (non-hydrogen) atoms. The van der Waals surface area contributed by atoms with Crippen LogP contribution in [0.25, 0.3) is 0 Å². The molecule has 78 valence electrons. The van der Waals surface area contributed by atoms with Crippen molar-refractivity contribution in [2.75, 3.05) is 7.05 Å². The molecule has 1 aromatic rings. The number of aromatic nitrogens is 2. The van der Waals surface area contributed by atoms with E-state index in [1.165, 1.54) is 12.1 Å². The van der Waals surface area contributed by atoms with Crippen LogP contribution in [0.5, 0.6) is 0 Å². The van der Waals surface area contributed by atoms with Crippen molar-refractivity contribution in [3.05, 3.63) is 18.0 Å². The molecule has 3 nitrogen and oxygen atoms in total. The van der Waals surface area contributed by atoms with E-state index in [9.17, 15) is 0 Å². The number of hydrogen-bond donors (Lipinski definition) is 1. The van der Waals surface area contributed by atoms with Crippen molar-refractivity contribution in [1.29, 1.82) is 0 Å². The van der Waals surface area contributed by atoms with E-state index >= 15 is 0 Å². The molecule has 0 aliphatic heterocycles. The summed E-state index contributed by atoms with van der Waals surface area (Å²) in [4.78, 5) is 0. The predicted octanol–water partition coefficient (Wildman–Crippen LogP) is 1.73. The molecule has 0 aromatic carbocycles. The first-order chi connectivity index (χ1) is 6.54. The van der Waals surface area contributed by atoms with Crippen molar-refractivity contribution in [3.63, 3.8) is 0 Å². The first kappa shape index (κ1) is 9.71. The van der Waals surface area contributed by atoms with Gasteiger partial charge >= 0.3 is 0 Å². The summed E-state index contributed by atoms with van der Waals surface area (Å²) in [6.07, 6.45) is 3.31. The average Bonchev–Trinajstić information content (AvgIpc) is 2.56. The van der Waals surface area contributed by atoms with Crippen LogP contribution in [0.15, 0.2) is 12.3 Å². The fourth-order valence-corrected chi connectivity index (χ4v) is 2.23. The largest absolute Gasteiger partial charge is 0.311 e. The Bertz CT molecular complexity index is 327. The maximum atomic E-state index is 4.46. The quantitative estimate of drug-likeness (QED) is 0.792. The van der Waals surface area contributed by atoms with Gasteiger partial charge in [-0.25, -0.2) is 0 Å². The first-order valence-electron chi connectivity index (χ1n) is 5.21. The summed E-state index contributed by atoms with van der Waals surface area (Å²) in [5.41, 5.74) is 1.66. The van der Waals surface area contributed by atoms with Crippen LogP contribution >= 0.6 is 0 Å². The van der Waals surface area contributed by atoms with Crippen LogP contribution in [-0.4, -0.2) is 16.8 Å². The molecule has 1 aliphatic carbocycles. The molecule has 1 aliphatic rings. The van der Waals surface area contributed by atoms with E-state index in [0.717, 1.165) is 5.92 Å². The minimum absolute atomic E-state index is 0.422. The molecule has 3 heteroatoms. The van der Waals surface area contributed by atoms with Gasteiger partial charge < -0.3 is 5.32 Å². The summed E-state index contributed by atoms with van der Waals surface area (Å²) in [5, 5.41) is 7.84. The molecule has 1 heterocycles. The molecule has 1 saturated carbocycles. The van der Waals surface area contributed by atoms with Gasteiger partial charge in [0.15, 0.2) is 0 Å². The van der Waals surface area contributed by atoms with Gasteiger partial charge in [-0.3, -0.25) is 4.68 Å². The number of aryl methyl sites for hydroxylation is 1. The van der Waals surface area contributed by atoms with E-state index in [1.807, 2.05) is 25.0 Å². The number of rotatable bonds is 3. The van der Waals surface area contributed by atoms with Gasteiger partial charge in [-0.2, -0.15) is 5.10 Å². The Morgan fingerprint density at radius 1 is 1.64 bits per heavy atom. The summed E-state index contributed by atoms with van der Waals surface area (Å²) in [6.45, 7) is 4.65. The second-order valence-electron chi connectivity index (χ2n) is 4.98. The van der Waals surface area contributed by atoms with Gasteiger partial charge in [-0.15, -0.1) is 0 Å². The maximum absolute atomic E-state index is 4.46. The molecule has 0 amide bonds. The molecule has 0 spiro atoms. The molecule has 2 atom stereocenters. The summed E-state index contributed by atoms with van der Waals surface area (Å²) in [7, 11) is 3.99.